The van der Waals surface area contributed by atoms with Crippen LogP contribution in [0.25, 0.3) is 11.2 Å². The summed E-state index contributed by atoms with van der Waals surface area (Å²) in [6, 6.07) is 0. The number of imidazole rings is 1. The normalized spacial score (nSPS) is 23.7. The number of aromatic amines is 2. The molecular weight excluding hydrogens is 424 g/mol. The predicted molar refractivity (Wildman–Crippen MR) is 102 cm³/mol. The second kappa shape index (κ2) is 8.39. The van der Waals surface area contributed by atoms with Crippen LogP contribution in [0.5, 0.6) is 0 Å². The Hall–Kier alpha value is -2.64. The Kier molecular flexibility index (Phi) is 6.10. The molecule has 0 bridgehead atoms. The van der Waals surface area contributed by atoms with Gasteiger partial charge in [0.1, 0.15) is 22.9 Å². The molecule has 2 aromatic heterocycles. The molecule has 1 fully saturated rings. The lowest BCUT2D eigenvalue weighted by atomic mass is 10.1. The molecular formula is C16H18N4O7S2. The van der Waals surface area contributed by atoms with Crippen LogP contribution < -0.4 is 0 Å². The van der Waals surface area contributed by atoms with E-state index in [9.17, 15) is 14.4 Å². The molecule has 1 saturated heterocycles. The summed E-state index contributed by atoms with van der Waals surface area (Å²) in [4.78, 5) is 44.5. The van der Waals surface area contributed by atoms with Gasteiger partial charge in [0.15, 0.2) is 28.9 Å². The summed E-state index contributed by atoms with van der Waals surface area (Å²) in [6.45, 7) is 3.46. The van der Waals surface area contributed by atoms with Crippen molar-refractivity contribution in [2.45, 2.75) is 45.3 Å². The van der Waals surface area contributed by atoms with E-state index in [1.807, 2.05) is 0 Å². The molecule has 11 nitrogen and oxygen atoms in total. The first-order valence-electron chi connectivity index (χ1n) is 8.49. The van der Waals surface area contributed by atoms with Crippen molar-refractivity contribution in [2.24, 2.45) is 0 Å². The van der Waals surface area contributed by atoms with Crippen molar-refractivity contribution in [3.05, 3.63) is 15.7 Å². The third kappa shape index (κ3) is 4.52. The van der Waals surface area contributed by atoms with Gasteiger partial charge in [-0.1, -0.05) is 12.2 Å². The van der Waals surface area contributed by atoms with Gasteiger partial charge >= 0.3 is 17.9 Å². The van der Waals surface area contributed by atoms with Crippen molar-refractivity contribution in [1.29, 1.82) is 0 Å². The maximum Gasteiger partial charge on any atom is 0.303 e. The van der Waals surface area contributed by atoms with Crippen molar-refractivity contribution < 1.29 is 33.3 Å². The van der Waals surface area contributed by atoms with E-state index in [0.717, 1.165) is 0 Å². The van der Waals surface area contributed by atoms with Gasteiger partial charge in [-0.05, 0) is 12.2 Å². The number of H-pyrrole nitrogens is 2. The maximum atomic E-state index is 11.7. The Morgan fingerprint density at radius 1 is 1.10 bits per heavy atom. The topological polar surface area (TPSA) is 138 Å². The van der Waals surface area contributed by atoms with Crippen LogP contribution in [0.4, 0.5) is 0 Å². The van der Waals surface area contributed by atoms with Gasteiger partial charge in [-0.2, -0.15) is 0 Å². The molecule has 2 N–H and O–H groups in total. The van der Waals surface area contributed by atoms with Crippen LogP contribution in [0.2, 0.25) is 0 Å². The molecule has 0 radical (unpaired) electrons. The number of esters is 3. The van der Waals surface area contributed by atoms with E-state index < -0.39 is 42.4 Å². The van der Waals surface area contributed by atoms with Gasteiger partial charge < -0.3 is 28.9 Å². The number of hydrogen-bond donors (Lipinski definition) is 2. The van der Waals surface area contributed by atoms with Crippen LogP contribution >= 0.6 is 24.4 Å². The van der Waals surface area contributed by atoms with E-state index in [1.54, 1.807) is 0 Å². The van der Waals surface area contributed by atoms with E-state index in [-0.39, 0.29) is 6.61 Å². The molecule has 2 aromatic rings. The van der Waals surface area contributed by atoms with Crippen molar-refractivity contribution in [2.75, 3.05) is 6.61 Å². The lowest BCUT2D eigenvalue weighted by Crippen LogP contribution is -2.40. The minimum atomic E-state index is -1.04. The first kappa shape index (κ1) is 21.1. The van der Waals surface area contributed by atoms with Gasteiger partial charge in [0.25, 0.3) is 0 Å². The van der Waals surface area contributed by atoms with Gasteiger partial charge in [-0.3, -0.25) is 19.0 Å². The number of ether oxygens (including phenoxy) is 4. The summed E-state index contributed by atoms with van der Waals surface area (Å²) in [5.41, 5.74) is 0.849. The summed E-state index contributed by atoms with van der Waals surface area (Å²) >= 11 is 10.4. The van der Waals surface area contributed by atoms with Crippen molar-refractivity contribution in [3.63, 3.8) is 0 Å². The molecule has 3 rings (SSSR count). The van der Waals surface area contributed by atoms with Gasteiger partial charge in [-0.25, -0.2) is 4.98 Å². The van der Waals surface area contributed by atoms with E-state index >= 15 is 0 Å². The highest BCUT2D eigenvalue weighted by molar-refractivity contribution is 7.72. The first-order chi connectivity index (χ1) is 13.7. The number of aromatic nitrogens is 4. The number of nitrogens with zero attached hydrogens (tertiary/aromatic N) is 2. The second-order valence-corrected chi connectivity index (χ2v) is 7.09. The van der Waals surface area contributed by atoms with Gasteiger partial charge in [0.05, 0.1) is 6.33 Å². The molecule has 1 aliphatic heterocycles. The lowest BCUT2D eigenvalue weighted by molar-refractivity contribution is -0.166. The van der Waals surface area contributed by atoms with Crippen molar-refractivity contribution >= 4 is 53.5 Å². The molecule has 0 unspecified atom stereocenters. The number of carbonyl (C=O) groups is 3. The highest BCUT2D eigenvalue weighted by Crippen LogP contribution is 2.36. The number of hydrogen-bond acceptors (Lipinski definition) is 10. The average Bonchev–Trinajstić information content (AvgIpc) is 3.14. The van der Waals surface area contributed by atoms with Crippen LogP contribution in [0.3, 0.4) is 0 Å². The second-order valence-electron chi connectivity index (χ2n) is 6.27. The number of rotatable bonds is 5. The Morgan fingerprint density at radius 3 is 2.38 bits per heavy atom. The Morgan fingerprint density at radius 2 is 1.76 bits per heavy atom. The highest BCUT2D eigenvalue weighted by Gasteiger charge is 2.51. The van der Waals surface area contributed by atoms with E-state index in [4.69, 9.17) is 43.4 Å². The summed E-state index contributed by atoms with van der Waals surface area (Å²) < 4.78 is 23.8. The van der Waals surface area contributed by atoms with Crippen molar-refractivity contribution in [3.8, 4) is 0 Å². The quantitative estimate of drug-likeness (QED) is 0.398. The van der Waals surface area contributed by atoms with Crippen LogP contribution in [0, 0.1) is 9.41 Å². The number of carbonyl (C=O) groups excluding carboxylic acids is 3. The molecule has 0 saturated carbocycles. The predicted octanol–water partition coefficient (Wildman–Crippen LogP) is 1.48. The van der Waals surface area contributed by atoms with Crippen LogP contribution in [0.15, 0.2) is 6.33 Å². The third-order valence-electron chi connectivity index (χ3n) is 4.08. The Labute approximate surface area is 174 Å². The smallest absolute Gasteiger partial charge is 0.303 e. The maximum absolute atomic E-state index is 11.7. The van der Waals surface area contributed by atoms with Crippen LogP contribution in [-0.4, -0.2) is 62.3 Å². The largest absolute Gasteiger partial charge is 0.463 e. The van der Waals surface area contributed by atoms with Crippen LogP contribution in [0.1, 0.15) is 27.0 Å². The third-order valence-corrected chi connectivity index (χ3v) is 4.58. The Balaban J connectivity index is 2.06. The first-order valence-corrected chi connectivity index (χ1v) is 9.31. The summed E-state index contributed by atoms with van der Waals surface area (Å²) in [5.74, 6) is -1.75. The monoisotopic (exact) mass is 442 g/mol. The summed E-state index contributed by atoms with van der Waals surface area (Å²) in [5, 5.41) is 0. The van der Waals surface area contributed by atoms with E-state index in [0.29, 0.717) is 20.6 Å². The molecule has 4 atom stereocenters. The number of fused-ring (bicyclic) bond motifs is 1. The number of nitrogens with one attached hydrogen (secondary N) is 2. The zero-order valence-electron chi connectivity index (χ0n) is 15.7. The summed E-state index contributed by atoms with van der Waals surface area (Å²) in [6.07, 6.45) is -2.45. The molecule has 13 heteroatoms. The fourth-order valence-corrected chi connectivity index (χ4v) is 3.66. The van der Waals surface area contributed by atoms with Gasteiger partial charge in [0, 0.05) is 20.8 Å². The lowest BCUT2D eigenvalue weighted by Gasteiger charge is -2.23. The molecule has 156 valence electrons. The van der Waals surface area contributed by atoms with E-state index in [2.05, 4.69) is 15.0 Å². The molecule has 0 aliphatic carbocycles. The van der Waals surface area contributed by atoms with E-state index in [1.165, 1.54) is 31.7 Å². The molecule has 29 heavy (non-hydrogen) atoms. The average molecular weight is 442 g/mol. The zero-order valence-corrected chi connectivity index (χ0v) is 17.3. The molecule has 0 amide bonds. The highest BCUT2D eigenvalue weighted by atomic mass is 32.1. The standard InChI is InChI=1S/C16H18N4O7S2/c1-6(21)24-4-9-11(25-7(2)22)12(26-8(3)23)15(27-9)20-5-17-13-10(20)14(28)19-16(29)18-13/h5,9,11-12,15H,4H2,1-3H3,(H2,18,19,28,29)/t9-,11-,12-,15-/m1/s1. The molecule has 1 aliphatic rings. The molecule has 3 heterocycles. The van der Waals surface area contributed by atoms with Crippen LogP contribution in [-0.2, 0) is 33.3 Å². The SMILES string of the molecule is CC(=O)OC[C@H]1O[C@@H](n2cnc3[nH]c(=S)[nH]c(=S)c32)[C@H](OC(C)=O)[C@@H]1OC(C)=O. The van der Waals surface area contributed by atoms with Gasteiger partial charge in [-0.15, -0.1) is 0 Å². The molecule has 0 aromatic carbocycles. The van der Waals surface area contributed by atoms with Gasteiger partial charge in [0.2, 0.25) is 0 Å². The zero-order chi connectivity index (χ0) is 21.3. The summed E-state index contributed by atoms with van der Waals surface area (Å²) in [7, 11) is 0. The molecule has 0 spiro atoms. The minimum absolute atomic E-state index is 0.205. The fraction of sp³-hybridized carbons (Fsp3) is 0.500. The minimum Gasteiger partial charge on any atom is -0.463 e. The fourth-order valence-electron chi connectivity index (χ4n) is 3.09. The Bertz CT molecular complexity index is 1080. The van der Waals surface area contributed by atoms with Crippen molar-refractivity contribution in [1.82, 2.24) is 19.5 Å².